The SMILES string of the molecule is CN1CCC(SC(=O)c2cccc(F)c2)(c2ccccc2F)CC1. The first-order valence-corrected chi connectivity index (χ1v) is 8.74. The lowest BCUT2D eigenvalue weighted by Crippen LogP contribution is -2.40. The summed E-state index contributed by atoms with van der Waals surface area (Å²) in [6.45, 7) is 1.58. The zero-order chi connectivity index (χ0) is 17.2. The number of hydrogen-bond acceptors (Lipinski definition) is 3. The van der Waals surface area contributed by atoms with Gasteiger partial charge in [0.15, 0.2) is 0 Å². The second-order valence-electron chi connectivity index (χ2n) is 6.18. The number of piperidine rings is 1. The molecule has 2 aromatic rings. The van der Waals surface area contributed by atoms with Crippen LogP contribution in [0.5, 0.6) is 0 Å². The van der Waals surface area contributed by atoms with Crippen LogP contribution < -0.4 is 0 Å². The van der Waals surface area contributed by atoms with E-state index in [0.29, 0.717) is 24.0 Å². The molecule has 0 unspecified atom stereocenters. The lowest BCUT2D eigenvalue weighted by Gasteiger charge is -2.40. The molecular formula is C19H19F2NOS. The molecule has 0 saturated carbocycles. The van der Waals surface area contributed by atoms with Crippen LogP contribution in [0.2, 0.25) is 0 Å². The molecule has 0 aromatic heterocycles. The summed E-state index contributed by atoms with van der Waals surface area (Å²) < 4.78 is 27.2. The van der Waals surface area contributed by atoms with Crippen LogP contribution in [0.15, 0.2) is 48.5 Å². The van der Waals surface area contributed by atoms with Crippen LogP contribution in [0.3, 0.4) is 0 Å². The van der Waals surface area contributed by atoms with Gasteiger partial charge in [0, 0.05) is 11.1 Å². The number of hydrogen-bond donors (Lipinski definition) is 0. The normalized spacial score (nSPS) is 17.6. The quantitative estimate of drug-likeness (QED) is 0.818. The average Bonchev–Trinajstić information content (AvgIpc) is 2.57. The zero-order valence-corrected chi connectivity index (χ0v) is 14.3. The molecule has 1 fully saturated rings. The van der Waals surface area contributed by atoms with Crippen LogP contribution in [-0.2, 0) is 4.75 Å². The van der Waals surface area contributed by atoms with Crippen LogP contribution >= 0.6 is 11.8 Å². The number of rotatable bonds is 3. The lowest BCUT2D eigenvalue weighted by atomic mass is 9.88. The molecule has 1 heterocycles. The summed E-state index contributed by atoms with van der Waals surface area (Å²) in [6.07, 6.45) is 1.35. The maximum atomic E-state index is 14.4. The standard InChI is InChI=1S/C19H19F2NOS/c1-22-11-9-19(10-12-22,16-7-2-3-8-17(16)21)24-18(23)14-5-4-6-15(20)13-14/h2-8,13H,9-12H2,1H3. The third-order valence-corrected chi connectivity index (χ3v) is 5.95. The van der Waals surface area contributed by atoms with E-state index in [1.807, 2.05) is 7.05 Å². The topological polar surface area (TPSA) is 20.3 Å². The van der Waals surface area contributed by atoms with Crippen LogP contribution in [-0.4, -0.2) is 30.2 Å². The van der Waals surface area contributed by atoms with Gasteiger partial charge >= 0.3 is 0 Å². The molecule has 1 aliphatic rings. The highest BCUT2D eigenvalue weighted by Gasteiger charge is 2.40. The van der Waals surface area contributed by atoms with Gasteiger partial charge in [0.25, 0.3) is 0 Å². The third-order valence-electron chi connectivity index (χ3n) is 4.51. The number of carbonyl (C=O) groups is 1. The average molecular weight is 347 g/mol. The van der Waals surface area contributed by atoms with Crippen molar-refractivity contribution < 1.29 is 13.6 Å². The predicted molar refractivity (Wildman–Crippen MR) is 93.1 cm³/mol. The molecule has 2 nitrogen and oxygen atoms in total. The number of likely N-dealkylation sites (tertiary alicyclic amines) is 1. The molecule has 0 amide bonds. The molecular weight excluding hydrogens is 328 g/mol. The fourth-order valence-electron chi connectivity index (χ4n) is 3.09. The summed E-state index contributed by atoms with van der Waals surface area (Å²) in [4.78, 5) is 14.9. The van der Waals surface area contributed by atoms with E-state index in [2.05, 4.69) is 4.90 Å². The molecule has 0 N–H and O–H groups in total. The Morgan fingerprint density at radius 3 is 2.46 bits per heavy atom. The number of nitrogens with zero attached hydrogens (tertiary/aromatic N) is 1. The summed E-state index contributed by atoms with van der Waals surface area (Å²) in [5.41, 5.74) is 0.877. The Kier molecular flexibility index (Phi) is 5.01. The summed E-state index contributed by atoms with van der Waals surface area (Å²) in [6, 6.07) is 12.3. The largest absolute Gasteiger partial charge is 0.306 e. The molecule has 1 aliphatic heterocycles. The van der Waals surface area contributed by atoms with Crippen LogP contribution in [0.25, 0.3) is 0 Å². The minimum atomic E-state index is -0.610. The highest BCUT2D eigenvalue weighted by Crippen LogP contribution is 2.47. The van der Waals surface area contributed by atoms with Crippen molar-refractivity contribution in [3.63, 3.8) is 0 Å². The first-order valence-electron chi connectivity index (χ1n) is 7.93. The van der Waals surface area contributed by atoms with Crippen molar-refractivity contribution >= 4 is 16.9 Å². The van der Waals surface area contributed by atoms with Crippen molar-refractivity contribution in [3.8, 4) is 0 Å². The Hall–Kier alpha value is -1.72. The Labute approximate surface area is 144 Å². The molecule has 3 rings (SSSR count). The van der Waals surface area contributed by atoms with Gasteiger partial charge in [-0.1, -0.05) is 42.1 Å². The van der Waals surface area contributed by atoms with Gasteiger partial charge < -0.3 is 4.90 Å². The van der Waals surface area contributed by atoms with Crippen LogP contribution in [0.4, 0.5) is 8.78 Å². The van der Waals surface area contributed by atoms with Gasteiger partial charge in [-0.15, -0.1) is 0 Å². The molecule has 0 atom stereocenters. The van der Waals surface area contributed by atoms with Crippen molar-refractivity contribution in [1.82, 2.24) is 4.90 Å². The minimum absolute atomic E-state index is 0.220. The van der Waals surface area contributed by atoms with Gasteiger partial charge in [-0.2, -0.15) is 0 Å². The lowest BCUT2D eigenvalue weighted by molar-refractivity contribution is 0.108. The Morgan fingerprint density at radius 1 is 1.08 bits per heavy atom. The van der Waals surface area contributed by atoms with Crippen molar-refractivity contribution in [1.29, 1.82) is 0 Å². The van der Waals surface area contributed by atoms with Crippen molar-refractivity contribution in [2.75, 3.05) is 20.1 Å². The van der Waals surface area contributed by atoms with Gasteiger partial charge in [-0.3, -0.25) is 4.79 Å². The van der Waals surface area contributed by atoms with Gasteiger partial charge in [0.05, 0.1) is 4.75 Å². The fraction of sp³-hybridized carbons (Fsp3) is 0.316. The van der Waals surface area contributed by atoms with Gasteiger partial charge in [0.1, 0.15) is 11.6 Å². The molecule has 126 valence electrons. The van der Waals surface area contributed by atoms with E-state index in [1.54, 1.807) is 24.3 Å². The van der Waals surface area contributed by atoms with Gasteiger partial charge in [-0.05, 0) is 51.2 Å². The van der Waals surface area contributed by atoms with E-state index in [1.165, 1.54) is 24.3 Å². The first kappa shape index (κ1) is 17.1. The maximum absolute atomic E-state index is 14.4. The molecule has 0 bridgehead atoms. The second-order valence-corrected chi connectivity index (χ2v) is 7.53. The number of benzene rings is 2. The molecule has 5 heteroatoms. The first-order chi connectivity index (χ1) is 11.5. The number of carbonyl (C=O) groups excluding carboxylic acids is 1. The van der Waals surface area contributed by atoms with Crippen molar-refractivity contribution in [2.45, 2.75) is 17.6 Å². The molecule has 0 spiro atoms. The molecule has 24 heavy (non-hydrogen) atoms. The number of halogens is 2. The second kappa shape index (κ2) is 7.03. The van der Waals surface area contributed by atoms with E-state index >= 15 is 0 Å². The van der Waals surface area contributed by atoms with Crippen molar-refractivity contribution in [2.24, 2.45) is 0 Å². The van der Waals surface area contributed by atoms with E-state index in [9.17, 15) is 13.6 Å². The van der Waals surface area contributed by atoms with E-state index in [4.69, 9.17) is 0 Å². The monoisotopic (exact) mass is 347 g/mol. The van der Waals surface area contributed by atoms with Gasteiger partial charge in [-0.25, -0.2) is 8.78 Å². The smallest absolute Gasteiger partial charge is 0.220 e. The van der Waals surface area contributed by atoms with Crippen molar-refractivity contribution in [3.05, 3.63) is 71.3 Å². The Bertz CT molecular complexity index is 742. The Morgan fingerprint density at radius 2 is 1.79 bits per heavy atom. The summed E-state index contributed by atoms with van der Waals surface area (Å²) in [5, 5.41) is -0.220. The molecule has 0 aliphatic carbocycles. The molecule has 1 saturated heterocycles. The Balaban J connectivity index is 1.94. The van der Waals surface area contributed by atoms with Gasteiger partial charge in [0.2, 0.25) is 5.12 Å². The van der Waals surface area contributed by atoms with E-state index < -0.39 is 10.6 Å². The molecule has 2 aromatic carbocycles. The fourth-order valence-corrected chi connectivity index (χ4v) is 4.35. The van der Waals surface area contributed by atoms with Crippen LogP contribution in [0.1, 0.15) is 28.8 Å². The molecule has 0 radical (unpaired) electrons. The summed E-state index contributed by atoms with van der Waals surface area (Å²) >= 11 is 1.13. The maximum Gasteiger partial charge on any atom is 0.220 e. The number of thioether (sulfide) groups is 1. The van der Waals surface area contributed by atoms with E-state index in [0.717, 1.165) is 24.9 Å². The third kappa shape index (κ3) is 3.52. The van der Waals surface area contributed by atoms with Crippen LogP contribution in [0, 0.1) is 11.6 Å². The zero-order valence-electron chi connectivity index (χ0n) is 13.5. The summed E-state index contributed by atoms with van der Waals surface area (Å²) in [5.74, 6) is -0.730. The highest BCUT2D eigenvalue weighted by atomic mass is 32.2. The highest BCUT2D eigenvalue weighted by molar-refractivity contribution is 8.14. The minimum Gasteiger partial charge on any atom is -0.306 e. The summed E-state index contributed by atoms with van der Waals surface area (Å²) in [7, 11) is 2.02. The van der Waals surface area contributed by atoms with E-state index in [-0.39, 0.29) is 10.9 Å². The predicted octanol–water partition coefficient (Wildman–Crippen LogP) is 4.46.